The van der Waals surface area contributed by atoms with Crippen molar-refractivity contribution in [3.63, 3.8) is 0 Å². The zero-order valence-electron chi connectivity index (χ0n) is 10.6. The number of ether oxygens (including phenoxy) is 1. The van der Waals surface area contributed by atoms with Gasteiger partial charge in [0.15, 0.2) is 0 Å². The van der Waals surface area contributed by atoms with Gasteiger partial charge in [0, 0.05) is 6.20 Å². The van der Waals surface area contributed by atoms with Gasteiger partial charge in [-0.1, -0.05) is 24.3 Å². The summed E-state index contributed by atoms with van der Waals surface area (Å²) in [5, 5.41) is 0. The number of hydrogen-bond acceptors (Lipinski definition) is 2. The molecule has 106 valence electrons. The predicted molar refractivity (Wildman–Crippen MR) is 66.7 cm³/mol. The Morgan fingerprint density at radius 2 is 2.05 bits per heavy atom. The van der Waals surface area contributed by atoms with Gasteiger partial charge < -0.3 is 4.74 Å². The van der Waals surface area contributed by atoms with Gasteiger partial charge >= 0.3 is 12.3 Å². The molecular formula is C14H12F3NO2. The van der Waals surface area contributed by atoms with Crippen molar-refractivity contribution in [2.75, 3.05) is 7.11 Å². The van der Waals surface area contributed by atoms with E-state index in [4.69, 9.17) is 0 Å². The molecule has 0 radical (unpaired) electrons. The van der Waals surface area contributed by atoms with Crippen LogP contribution in [0.2, 0.25) is 0 Å². The second-order valence-corrected chi connectivity index (χ2v) is 4.17. The number of methoxy groups -OCH3 is 1. The lowest BCUT2D eigenvalue weighted by Crippen LogP contribution is -2.30. The van der Waals surface area contributed by atoms with E-state index < -0.39 is 23.9 Å². The minimum Gasteiger partial charge on any atom is -0.452 e. The Morgan fingerprint density at radius 1 is 1.30 bits per heavy atom. The Bertz CT molecular complexity index is 564. The molecule has 1 aromatic carbocycles. The maximum Gasteiger partial charge on any atom is 0.416 e. The molecular weight excluding hydrogens is 271 g/mol. The van der Waals surface area contributed by atoms with E-state index in [0.717, 1.165) is 12.1 Å². The fourth-order valence-electron chi connectivity index (χ4n) is 1.95. The maximum atomic E-state index is 12.7. The van der Waals surface area contributed by atoms with Crippen molar-refractivity contribution >= 4 is 6.09 Å². The summed E-state index contributed by atoms with van der Waals surface area (Å²) in [5.74, 6) is 0. The van der Waals surface area contributed by atoms with Gasteiger partial charge in [0.25, 0.3) is 0 Å². The number of alkyl halides is 3. The van der Waals surface area contributed by atoms with Gasteiger partial charge in [-0.3, -0.25) is 4.90 Å². The van der Waals surface area contributed by atoms with Crippen LogP contribution in [0.5, 0.6) is 0 Å². The molecule has 0 saturated carbocycles. The predicted octanol–water partition coefficient (Wildman–Crippen LogP) is 3.90. The molecule has 1 atom stereocenters. The minimum atomic E-state index is -4.42. The van der Waals surface area contributed by atoms with Gasteiger partial charge in [-0.2, -0.15) is 13.2 Å². The lowest BCUT2D eigenvalue weighted by atomic mass is 10.0. The first kappa shape index (κ1) is 14.2. The Hall–Kier alpha value is -2.24. The number of carbonyl (C=O) groups excluding carboxylic acids is 1. The first-order chi connectivity index (χ1) is 9.43. The molecule has 1 aliphatic rings. The van der Waals surface area contributed by atoms with Crippen LogP contribution in [0.3, 0.4) is 0 Å². The Kier molecular flexibility index (Phi) is 3.83. The van der Waals surface area contributed by atoms with Crippen molar-refractivity contribution < 1.29 is 22.7 Å². The van der Waals surface area contributed by atoms with Crippen LogP contribution < -0.4 is 0 Å². The molecule has 1 unspecified atom stereocenters. The van der Waals surface area contributed by atoms with Crippen LogP contribution in [-0.2, 0) is 10.9 Å². The summed E-state index contributed by atoms with van der Waals surface area (Å²) in [4.78, 5) is 12.9. The molecule has 3 nitrogen and oxygen atoms in total. The van der Waals surface area contributed by atoms with Crippen LogP contribution in [0, 0.1) is 0 Å². The lowest BCUT2D eigenvalue weighted by Gasteiger charge is -2.27. The van der Waals surface area contributed by atoms with Crippen LogP contribution in [-0.4, -0.2) is 18.1 Å². The molecule has 1 amide bonds. The Balaban J connectivity index is 2.37. The third kappa shape index (κ3) is 2.84. The number of halogens is 3. The normalized spacial score (nSPS) is 18.2. The Morgan fingerprint density at radius 3 is 2.70 bits per heavy atom. The highest BCUT2D eigenvalue weighted by Crippen LogP contribution is 2.33. The van der Waals surface area contributed by atoms with Crippen molar-refractivity contribution in [2.45, 2.75) is 12.2 Å². The van der Waals surface area contributed by atoms with E-state index >= 15 is 0 Å². The number of nitrogens with zero attached hydrogens (tertiary/aromatic N) is 1. The van der Waals surface area contributed by atoms with E-state index in [9.17, 15) is 18.0 Å². The van der Waals surface area contributed by atoms with Crippen LogP contribution in [0.1, 0.15) is 17.2 Å². The second-order valence-electron chi connectivity index (χ2n) is 4.17. The van der Waals surface area contributed by atoms with Crippen LogP contribution in [0.4, 0.5) is 18.0 Å². The summed E-state index contributed by atoms with van der Waals surface area (Å²) in [5.41, 5.74) is -0.381. The lowest BCUT2D eigenvalue weighted by molar-refractivity contribution is -0.137. The first-order valence-corrected chi connectivity index (χ1v) is 5.82. The van der Waals surface area contributed by atoms with Gasteiger partial charge in [-0.25, -0.2) is 4.79 Å². The monoisotopic (exact) mass is 283 g/mol. The van der Waals surface area contributed by atoms with Gasteiger partial charge in [0.05, 0.1) is 18.7 Å². The average molecular weight is 283 g/mol. The largest absolute Gasteiger partial charge is 0.452 e. The van der Waals surface area contributed by atoms with Crippen LogP contribution in [0.25, 0.3) is 0 Å². The van der Waals surface area contributed by atoms with Crippen molar-refractivity contribution in [2.24, 2.45) is 0 Å². The highest BCUT2D eigenvalue weighted by Gasteiger charge is 2.32. The molecule has 0 N–H and O–H groups in total. The molecule has 20 heavy (non-hydrogen) atoms. The number of hydrogen-bond donors (Lipinski definition) is 0. The molecule has 1 heterocycles. The number of rotatable bonds is 1. The third-order valence-electron chi connectivity index (χ3n) is 2.89. The molecule has 0 aliphatic carbocycles. The molecule has 0 aromatic heterocycles. The molecule has 1 aromatic rings. The smallest absolute Gasteiger partial charge is 0.416 e. The van der Waals surface area contributed by atoms with Crippen molar-refractivity contribution in [3.8, 4) is 0 Å². The van der Waals surface area contributed by atoms with Gasteiger partial charge in [-0.05, 0) is 23.8 Å². The van der Waals surface area contributed by atoms with Crippen molar-refractivity contribution in [3.05, 3.63) is 59.8 Å². The summed E-state index contributed by atoms with van der Waals surface area (Å²) < 4.78 is 42.8. The molecule has 0 spiro atoms. The zero-order chi connectivity index (χ0) is 14.8. The summed E-state index contributed by atoms with van der Waals surface area (Å²) >= 11 is 0. The quantitative estimate of drug-likeness (QED) is 0.782. The van der Waals surface area contributed by atoms with E-state index in [1.54, 1.807) is 24.3 Å². The van der Waals surface area contributed by atoms with E-state index in [1.807, 2.05) is 0 Å². The SMILES string of the molecule is COC(=O)N1C=CC=CC1c1cccc(C(F)(F)F)c1. The van der Waals surface area contributed by atoms with E-state index in [0.29, 0.717) is 5.56 Å². The number of allylic oxidation sites excluding steroid dienone is 2. The molecule has 1 aliphatic heterocycles. The molecule has 2 rings (SSSR count). The number of benzene rings is 1. The average Bonchev–Trinajstić information content (AvgIpc) is 2.45. The topological polar surface area (TPSA) is 29.5 Å². The number of carbonyl (C=O) groups is 1. The fraction of sp³-hybridized carbons (Fsp3) is 0.214. The van der Waals surface area contributed by atoms with Crippen molar-refractivity contribution in [1.82, 2.24) is 4.90 Å². The van der Waals surface area contributed by atoms with Crippen LogP contribution in [0.15, 0.2) is 48.7 Å². The minimum absolute atomic E-state index is 0.367. The maximum absolute atomic E-state index is 12.7. The molecule has 0 fully saturated rings. The zero-order valence-corrected chi connectivity index (χ0v) is 10.6. The fourth-order valence-corrected chi connectivity index (χ4v) is 1.95. The highest BCUT2D eigenvalue weighted by atomic mass is 19.4. The highest BCUT2D eigenvalue weighted by molar-refractivity contribution is 5.70. The third-order valence-corrected chi connectivity index (χ3v) is 2.89. The Labute approximate surface area is 113 Å². The molecule has 0 saturated heterocycles. The van der Waals surface area contributed by atoms with E-state index in [2.05, 4.69) is 4.74 Å². The first-order valence-electron chi connectivity index (χ1n) is 5.82. The molecule has 6 heteroatoms. The van der Waals surface area contributed by atoms with Gasteiger partial charge in [-0.15, -0.1) is 0 Å². The van der Waals surface area contributed by atoms with Gasteiger partial charge in [0.2, 0.25) is 0 Å². The van der Waals surface area contributed by atoms with E-state index in [1.165, 1.54) is 24.3 Å². The summed E-state index contributed by atoms with van der Waals surface area (Å²) in [6.45, 7) is 0. The van der Waals surface area contributed by atoms with Crippen molar-refractivity contribution in [1.29, 1.82) is 0 Å². The summed E-state index contributed by atoms with van der Waals surface area (Å²) in [6, 6.07) is 4.27. The van der Waals surface area contributed by atoms with E-state index in [-0.39, 0.29) is 0 Å². The number of amides is 1. The van der Waals surface area contributed by atoms with Crippen LogP contribution >= 0.6 is 0 Å². The second kappa shape index (κ2) is 5.40. The summed E-state index contributed by atoms with van der Waals surface area (Å²) in [7, 11) is 1.22. The standard InChI is InChI=1S/C14H12F3NO2/c1-20-13(19)18-8-3-2-7-12(18)10-5-4-6-11(9-10)14(15,16)17/h2-9,12H,1H3. The summed E-state index contributed by atoms with van der Waals surface area (Å²) in [6.07, 6.45) is 1.34. The molecule has 0 bridgehead atoms. The van der Waals surface area contributed by atoms with Gasteiger partial charge in [0.1, 0.15) is 0 Å².